The van der Waals surface area contributed by atoms with Crippen molar-refractivity contribution in [2.75, 3.05) is 6.26 Å². The van der Waals surface area contributed by atoms with Crippen LogP contribution in [0.5, 0.6) is 0 Å². The second-order valence-corrected chi connectivity index (χ2v) is 6.31. The van der Waals surface area contributed by atoms with Gasteiger partial charge in [0, 0.05) is 6.42 Å². The minimum Gasteiger partial charge on any atom is -1.00 e. The normalized spacial score (nSPS) is 10.8. The molecule has 6 heteroatoms. The topological polar surface area (TPSA) is 60.4 Å². The van der Waals surface area contributed by atoms with Gasteiger partial charge in [-0.25, -0.2) is 0 Å². The summed E-state index contributed by atoms with van der Waals surface area (Å²) in [6, 6.07) is 0. The molecule has 0 aromatic rings. The van der Waals surface area contributed by atoms with E-state index < -0.39 is 16.1 Å². The molecule has 4 nitrogen and oxygen atoms in total. The second kappa shape index (κ2) is 13.4. The molecule has 0 radical (unpaired) electrons. The van der Waals surface area contributed by atoms with Crippen molar-refractivity contribution in [2.24, 2.45) is 0 Å². The summed E-state index contributed by atoms with van der Waals surface area (Å²) in [6.07, 6.45) is 11.5. The molecule has 0 fully saturated rings. The molecule has 0 bridgehead atoms. The first kappa shape index (κ1) is 21.7. The molecule has 0 aliphatic carbocycles. The molecule has 0 unspecified atom stereocenters. The number of rotatable bonds is 11. The first-order valence-corrected chi connectivity index (χ1v) is 8.69. The zero-order chi connectivity index (χ0) is 13.9. The van der Waals surface area contributed by atoms with Gasteiger partial charge in [-0.2, -0.15) is 8.42 Å². The molecule has 0 heterocycles. The Hall–Kier alpha value is 0.420. The van der Waals surface area contributed by atoms with E-state index in [0.717, 1.165) is 19.1 Å². The van der Waals surface area contributed by atoms with Crippen LogP contribution in [-0.4, -0.2) is 20.6 Å². The molecule has 0 aromatic heterocycles. The maximum absolute atomic E-state index is 11.1. The minimum atomic E-state index is -3.63. The molecular formula is C13H27NaO4S. The first-order valence-electron chi connectivity index (χ1n) is 6.88. The summed E-state index contributed by atoms with van der Waals surface area (Å²) in [5, 5.41) is 0. The van der Waals surface area contributed by atoms with Crippen LogP contribution in [-0.2, 0) is 19.1 Å². The summed E-state index contributed by atoms with van der Waals surface area (Å²) >= 11 is 0. The molecule has 19 heavy (non-hydrogen) atoms. The van der Waals surface area contributed by atoms with E-state index in [-0.39, 0.29) is 37.4 Å². The summed E-state index contributed by atoms with van der Waals surface area (Å²) in [6.45, 7) is 2.20. The van der Waals surface area contributed by atoms with E-state index >= 15 is 0 Å². The standard InChI is InChI=1S/C13H26O4S.Na.H/c1-3-4-5-6-7-8-9-10-11-12-13(14)17-18(2,15)16;;/h3-12H2,1-2H3;;/q;+1;-1. The predicted molar refractivity (Wildman–Crippen MR) is 73.9 cm³/mol. The Balaban J connectivity index is -0.00000144. The average molecular weight is 302 g/mol. The molecule has 0 aromatic carbocycles. The van der Waals surface area contributed by atoms with Gasteiger partial charge in [0.05, 0.1) is 6.26 Å². The summed E-state index contributed by atoms with van der Waals surface area (Å²) in [5.74, 6) is -0.638. The second-order valence-electron chi connectivity index (χ2n) is 4.74. The van der Waals surface area contributed by atoms with E-state index in [1.165, 1.54) is 38.5 Å². The van der Waals surface area contributed by atoms with E-state index in [0.29, 0.717) is 6.42 Å². The summed E-state index contributed by atoms with van der Waals surface area (Å²) in [7, 11) is -3.63. The van der Waals surface area contributed by atoms with E-state index in [9.17, 15) is 13.2 Å². The van der Waals surface area contributed by atoms with Gasteiger partial charge in [0.15, 0.2) is 0 Å². The molecule has 0 spiro atoms. The van der Waals surface area contributed by atoms with Crippen LogP contribution in [0.2, 0.25) is 0 Å². The largest absolute Gasteiger partial charge is 1.00 e. The van der Waals surface area contributed by atoms with Crippen molar-refractivity contribution < 1.29 is 48.4 Å². The van der Waals surface area contributed by atoms with Crippen LogP contribution in [0.1, 0.15) is 72.6 Å². The molecule has 0 rings (SSSR count). The van der Waals surface area contributed by atoms with E-state index in [2.05, 4.69) is 11.1 Å². The van der Waals surface area contributed by atoms with Gasteiger partial charge >= 0.3 is 45.6 Å². The zero-order valence-corrected chi connectivity index (χ0v) is 15.4. The van der Waals surface area contributed by atoms with Crippen molar-refractivity contribution in [3.63, 3.8) is 0 Å². The minimum absolute atomic E-state index is 0. The van der Waals surface area contributed by atoms with Crippen molar-refractivity contribution in [1.82, 2.24) is 0 Å². The molecule has 0 amide bonds. The van der Waals surface area contributed by atoms with Crippen molar-refractivity contribution in [3.8, 4) is 0 Å². The van der Waals surface area contributed by atoms with E-state index in [1.807, 2.05) is 0 Å². The van der Waals surface area contributed by atoms with Gasteiger partial charge in [0.2, 0.25) is 0 Å². The fourth-order valence-corrected chi connectivity index (χ4v) is 2.21. The third-order valence-electron chi connectivity index (χ3n) is 2.73. The van der Waals surface area contributed by atoms with Gasteiger partial charge in [-0.15, -0.1) is 0 Å². The first-order chi connectivity index (χ1) is 8.45. The average Bonchev–Trinajstić information content (AvgIpc) is 2.24. The van der Waals surface area contributed by atoms with E-state index in [4.69, 9.17) is 0 Å². The third kappa shape index (κ3) is 18.4. The molecule has 110 valence electrons. The van der Waals surface area contributed by atoms with Gasteiger partial charge in [-0.1, -0.05) is 58.3 Å². The van der Waals surface area contributed by atoms with Crippen LogP contribution < -0.4 is 29.6 Å². The summed E-state index contributed by atoms with van der Waals surface area (Å²) in [4.78, 5) is 11.1. The van der Waals surface area contributed by atoms with Crippen molar-refractivity contribution >= 4 is 16.1 Å². The van der Waals surface area contributed by atoms with Crippen molar-refractivity contribution in [1.29, 1.82) is 0 Å². The third-order valence-corrected chi connectivity index (χ3v) is 3.22. The number of carbonyl (C=O) groups excluding carboxylic acids is 1. The Labute approximate surface area is 141 Å². The van der Waals surface area contributed by atoms with Gasteiger partial charge in [0.25, 0.3) is 0 Å². The molecular weight excluding hydrogens is 275 g/mol. The SMILES string of the molecule is CCCCCCCCCCCC(=O)OS(C)(=O)=O.[H-].[Na+]. The maximum atomic E-state index is 11.1. The molecule has 0 N–H and O–H groups in total. The number of hydrogen-bond donors (Lipinski definition) is 0. The Bertz CT molecular complexity index is 320. The Morgan fingerprint density at radius 2 is 1.37 bits per heavy atom. The van der Waals surface area contributed by atoms with Crippen LogP contribution in [0.3, 0.4) is 0 Å². The van der Waals surface area contributed by atoms with Crippen LogP contribution in [0.15, 0.2) is 0 Å². The monoisotopic (exact) mass is 302 g/mol. The predicted octanol–water partition coefficient (Wildman–Crippen LogP) is 0.527. The van der Waals surface area contributed by atoms with E-state index in [1.54, 1.807) is 0 Å². The molecule has 0 saturated heterocycles. The molecule has 0 atom stereocenters. The molecule has 0 saturated carbocycles. The van der Waals surface area contributed by atoms with Crippen LogP contribution in [0, 0.1) is 0 Å². The van der Waals surface area contributed by atoms with Crippen LogP contribution in [0.25, 0.3) is 0 Å². The fourth-order valence-electron chi connectivity index (χ4n) is 1.79. The molecule has 0 aliphatic rings. The zero-order valence-electron chi connectivity index (χ0n) is 13.6. The quantitative estimate of drug-likeness (QED) is 0.317. The van der Waals surface area contributed by atoms with Crippen LogP contribution >= 0.6 is 0 Å². The Morgan fingerprint density at radius 3 is 1.79 bits per heavy atom. The van der Waals surface area contributed by atoms with Gasteiger partial charge in [0.1, 0.15) is 0 Å². The number of hydrogen-bond acceptors (Lipinski definition) is 4. The van der Waals surface area contributed by atoms with Crippen molar-refractivity contribution in [2.45, 2.75) is 71.1 Å². The van der Waals surface area contributed by atoms with Gasteiger partial charge in [-0.05, 0) is 6.42 Å². The fraction of sp³-hybridized carbons (Fsp3) is 0.923. The summed E-state index contributed by atoms with van der Waals surface area (Å²) < 4.78 is 25.6. The van der Waals surface area contributed by atoms with Crippen molar-refractivity contribution in [3.05, 3.63) is 0 Å². The molecule has 0 aliphatic heterocycles. The Kier molecular flexibility index (Phi) is 15.3. The smallest absolute Gasteiger partial charge is 1.00 e. The number of carbonyl (C=O) groups is 1. The summed E-state index contributed by atoms with van der Waals surface area (Å²) in [5.41, 5.74) is 0. The van der Waals surface area contributed by atoms with Gasteiger partial charge in [-0.3, -0.25) is 4.79 Å². The Morgan fingerprint density at radius 1 is 0.947 bits per heavy atom. The maximum Gasteiger partial charge on any atom is 1.00 e. The number of unbranched alkanes of at least 4 members (excludes halogenated alkanes) is 8. The van der Waals surface area contributed by atoms with Crippen LogP contribution in [0.4, 0.5) is 0 Å². The van der Waals surface area contributed by atoms with Gasteiger partial charge < -0.3 is 5.61 Å².